The van der Waals surface area contributed by atoms with Gasteiger partial charge in [-0.05, 0) is 31.4 Å². The second-order valence-electron chi connectivity index (χ2n) is 5.80. The van der Waals surface area contributed by atoms with Crippen LogP contribution in [0.2, 0.25) is 0 Å². The minimum absolute atomic E-state index is 0.145. The predicted molar refractivity (Wildman–Crippen MR) is 97.4 cm³/mol. The van der Waals surface area contributed by atoms with Crippen molar-refractivity contribution in [3.63, 3.8) is 0 Å². The number of hydrogen-bond donors (Lipinski definition) is 1. The number of carbonyl (C=O) groups excluding carboxylic acids is 1. The SMILES string of the molecule is NCC1CCCCN1C(=O)Cc1csc(-c2cccc(Br)c2)n1. The minimum atomic E-state index is 0.145. The Balaban J connectivity index is 1.70. The van der Waals surface area contributed by atoms with Crippen LogP contribution in [0, 0.1) is 0 Å². The van der Waals surface area contributed by atoms with Crippen molar-refractivity contribution in [2.75, 3.05) is 13.1 Å². The molecule has 6 heteroatoms. The summed E-state index contributed by atoms with van der Waals surface area (Å²) in [7, 11) is 0. The van der Waals surface area contributed by atoms with Crippen molar-refractivity contribution in [1.82, 2.24) is 9.88 Å². The molecule has 0 bridgehead atoms. The Hall–Kier alpha value is -1.24. The lowest BCUT2D eigenvalue weighted by Crippen LogP contribution is -2.48. The number of aromatic nitrogens is 1. The molecule has 1 aliphatic rings. The molecule has 1 aliphatic heterocycles. The molecule has 0 saturated carbocycles. The van der Waals surface area contributed by atoms with Crippen LogP contribution in [0.25, 0.3) is 10.6 Å². The van der Waals surface area contributed by atoms with Crippen LogP contribution >= 0.6 is 27.3 Å². The van der Waals surface area contributed by atoms with Crippen molar-refractivity contribution in [1.29, 1.82) is 0 Å². The molecule has 1 aromatic carbocycles. The van der Waals surface area contributed by atoms with Gasteiger partial charge in [-0.2, -0.15) is 0 Å². The fourth-order valence-electron chi connectivity index (χ4n) is 2.97. The quantitative estimate of drug-likeness (QED) is 0.864. The summed E-state index contributed by atoms with van der Waals surface area (Å²) < 4.78 is 1.03. The van der Waals surface area contributed by atoms with Crippen LogP contribution < -0.4 is 5.73 Å². The second-order valence-corrected chi connectivity index (χ2v) is 7.58. The van der Waals surface area contributed by atoms with E-state index in [1.807, 2.05) is 34.5 Å². The van der Waals surface area contributed by atoms with Gasteiger partial charge in [-0.25, -0.2) is 4.98 Å². The van der Waals surface area contributed by atoms with Crippen molar-refractivity contribution >= 4 is 33.2 Å². The summed E-state index contributed by atoms with van der Waals surface area (Å²) in [4.78, 5) is 19.1. The van der Waals surface area contributed by atoms with Crippen molar-refractivity contribution in [3.8, 4) is 10.6 Å². The zero-order valence-electron chi connectivity index (χ0n) is 12.9. The Labute approximate surface area is 148 Å². The lowest BCUT2D eigenvalue weighted by atomic mass is 10.0. The summed E-state index contributed by atoms with van der Waals surface area (Å²) in [5.74, 6) is 0.145. The van der Waals surface area contributed by atoms with Gasteiger partial charge in [0.1, 0.15) is 5.01 Å². The Morgan fingerprint density at radius 3 is 3.09 bits per heavy atom. The molecule has 2 heterocycles. The maximum atomic E-state index is 12.6. The molecular formula is C17H20BrN3OS. The predicted octanol–water partition coefficient (Wildman–Crippen LogP) is 3.45. The molecular weight excluding hydrogens is 374 g/mol. The normalized spacial score (nSPS) is 18.2. The fourth-order valence-corrected chi connectivity index (χ4v) is 4.19. The van der Waals surface area contributed by atoms with Gasteiger partial charge < -0.3 is 10.6 Å². The van der Waals surface area contributed by atoms with Crippen LogP contribution in [0.3, 0.4) is 0 Å². The van der Waals surface area contributed by atoms with Gasteiger partial charge in [-0.15, -0.1) is 11.3 Å². The molecule has 3 rings (SSSR count). The van der Waals surface area contributed by atoms with Crippen LogP contribution in [-0.2, 0) is 11.2 Å². The number of benzene rings is 1. The van der Waals surface area contributed by atoms with Gasteiger partial charge in [-0.3, -0.25) is 4.79 Å². The first kappa shape index (κ1) is 16.6. The Kier molecular flexibility index (Phi) is 5.46. The van der Waals surface area contributed by atoms with E-state index in [0.29, 0.717) is 13.0 Å². The zero-order valence-corrected chi connectivity index (χ0v) is 15.3. The Morgan fingerprint density at radius 1 is 1.43 bits per heavy atom. The molecule has 23 heavy (non-hydrogen) atoms. The summed E-state index contributed by atoms with van der Waals surface area (Å²) >= 11 is 5.06. The highest BCUT2D eigenvalue weighted by molar-refractivity contribution is 9.10. The third-order valence-corrected chi connectivity index (χ3v) is 5.61. The summed E-state index contributed by atoms with van der Waals surface area (Å²) in [6.07, 6.45) is 3.61. The molecule has 0 spiro atoms. The first-order valence-electron chi connectivity index (χ1n) is 7.87. The molecule has 2 N–H and O–H groups in total. The summed E-state index contributed by atoms with van der Waals surface area (Å²) in [5.41, 5.74) is 7.72. The number of piperidine rings is 1. The largest absolute Gasteiger partial charge is 0.338 e. The van der Waals surface area contributed by atoms with Crippen LogP contribution in [0.5, 0.6) is 0 Å². The summed E-state index contributed by atoms with van der Waals surface area (Å²) in [5, 5.41) is 2.93. The van der Waals surface area contributed by atoms with Crippen molar-refractivity contribution in [2.45, 2.75) is 31.7 Å². The molecule has 1 aromatic heterocycles. The van der Waals surface area contributed by atoms with Gasteiger partial charge in [0, 0.05) is 34.5 Å². The molecule has 4 nitrogen and oxygen atoms in total. The van der Waals surface area contributed by atoms with Gasteiger partial charge >= 0.3 is 0 Å². The Morgan fingerprint density at radius 2 is 2.30 bits per heavy atom. The number of thiazole rings is 1. The highest BCUT2D eigenvalue weighted by Gasteiger charge is 2.25. The minimum Gasteiger partial charge on any atom is -0.338 e. The van der Waals surface area contributed by atoms with Gasteiger partial charge in [-0.1, -0.05) is 28.1 Å². The smallest absolute Gasteiger partial charge is 0.228 e. The van der Waals surface area contributed by atoms with Crippen molar-refractivity contribution in [3.05, 3.63) is 39.8 Å². The number of nitrogens with zero attached hydrogens (tertiary/aromatic N) is 2. The average Bonchev–Trinajstić information content (AvgIpc) is 3.03. The number of nitrogens with two attached hydrogens (primary N) is 1. The summed E-state index contributed by atoms with van der Waals surface area (Å²) in [6, 6.07) is 8.25. The monoisotopic (exact) mass is 393 g/mol. The van der Waals surface area contributed by atoms with E-state index >= 15 is 0 Å². The maximum Gasteiger partial charge on any atom is 0.228 e. The number of amides is 1. The molecule has 122 valence electrons. The van der Waals surface area contributed by atoms with Crippen molar-refractivity contribution < 1.29 is 4.79 Å². The highest BCUT2D eigenvalue weighted by atomic mass is 79.9. The van der Waals surface area contributed by atoms with Gasteiger partial charge in [0.05, 0.1) is 12.1 Å². The van der Waals surface area contributed by atoms with Crippen LogP contribution in [0.1, 0.15) is 25.0 Å². The molecule has 1 saturated heterocycles. The lowest BCUT2D eigenvalue weighted by Gasteiger charge is -2.35. The molecule has 0 radical (unpaired) electrons. The molecule has 1 amide bonds. The maximum absolute atomic E-state index is 12.6. The van der Waals surface area contributed by atoms with E-state index in [1.165, 1.54) is 0 Å². The Bertz CT molecular complexity index is 688. The lowest BCUT2D eigenvalue weighted by molar-refractivity contribution is -0.133. The van der Waals surface area contributed by atoms with Crippen molar-refractivity contribution in [2.24, 2.45) is 5.73 Å². The fraction of sp³-hybridized carbons (Fsp3) is 0.412. The van der Waals surface area contributed by atoms with E-state index in [4.69, 9.17) is 5.73 Å². The van der Waals surface area contributed by atoms with Gasteiger partial charge in [0.25, 0.3) is 0 Å². The molecule has 1 unspecified atom stereocenters. The van der Waals surface area contributed by atoms with E-state index in [0.717, 1.165) is 46.5 Å². The molecule has 2 aromatic rings. The first-order valence-corrected chi connectivity index (χ1v) is 9.54. The second kappa shape index (κ2) is 7.55. The molecule has 1 fully saturated rings. The highest BCUT2D eigenvalue weighted by Crippen LogP contribution is 2.27. The van der Waals surface area contributed by atoms with Crippen LogP contribution in [0.4, 0.5) is 0 Å². The summed E-state index contributed by atoms with van der Waals surface area (Å²) in [6.45, 7) is 1.37. The van der Waals surface area contributed by atoms with E-state index < -0.39 is 0 Å². The number of rotatable bonds is 4. The van der Waals surface area contributed by atoms with Crippen LogP contribution in [0.15, 0.2) is 34.1 Å². The number of halogens is 1. The van der Waals surface area contributed by atoms with E-state index in [-0.39, 0.29) is 11.9 Å². The zero-order chi connectivity index (χ0) is 16.2. The number of carbonyl (C=O) groups is 1. The van der Waals surface area contributed by atoms with Crippen LogP contribution in [-0.4, -0.2) is 34.9 Å². The topological polar surface area (TPSA) is 59.2 Å². The van der Waals surface area contributed by atoms with Gasteiger partial charge in [0.2, 0.25) is 5.91 Å². The van der Waals surface area contributed by atoms with E-state index in [2.05, 4.69) is 20.9 Å². The third kappa shape index (κ3) is 4.00. The van der Waals surface area contributed by atoms with E-state index in [9.17, 15) is 4.79 Å². The third-order valence-electron chi connectivity index (χ3n) is 4.18. The first-order chi connectivity index (χ1) is 11.2. The van der Waals surface area contributed by atoms with E-state index in [1.54, 1.807) is 11.3 Å². The standard InChI is InChI=1S/C17H20BrN3OS/c18-13-5-3-4-12(8-13)17-20-14(11-23-17)9-16(22)21-7-2-1-6-15(21)10-19/h3-5,8,11,15H,1-2,6-7,9-10,19H2. The van der Waals surface area contributed by atoms with Gasteiger partial charge in [0.15, 0.2) is 0 Å². The molecule has 1 atom stereocenters. The average molecular weight is 394 g/mol. The number of likely N-dealkylation sites (tertiary alicyclic amines) is 1. The number of hydrogen-bond acceptors (Lipinski definition) is 4. The molecule has 0 aliphatic carbocycles.